The highest BCUT2D eigenvalue weighted by molar-refractivity contribution is 6.03. The Hall–Kier alpha value is -3.68. The molecule has 2 aromatic carbocycles. The van der Waals surface area contributed by atoms with E-state index < -0.39 is 5.92 Å². The summed E-state index contributed by atoms with van der Waals surface area (Å²) in [5.74, 6) is 0.489. The molecule has 0 saturated carbocycles. The highest BCUT2D eigenvalue weighted by Crippen LogP contribution is 2.28. The quantitative estimate of drug-likeness (QED) is 0.711. The van der Waals surface area contributed by atoms with Gasteiger partial charge in [0.15, 0.2) is 5.82 Å². The van der Waals surface area contributed by atoms with Gasteiger partial charge in [-0.2, -0.15) is 4.98 Å². The van der Waals surface area contributed by atoms with Gasteiger partial charge in [-0.25, -0.2) is 0 Å². The Morgan fingerprint density at radius 1 is 1.18 bits per heavy atom. The van der Waals surface area contributed by atoms with Crippen molar-refractivity contribution in [2.75, 3.05) is 23.9 Å². The number of amides is 2. The predicted molar refractivity (Wildman–Crippen MR) is 104 cm³/mol. The molecule has 1 aliphatic rings. The monoisotopic (exact) mass is 377 g/mol. The number of methoxy groups -OCH3 is 1. The molecule has 1 atom stereocenters. The number of hydrogen-bond acceptors (Lipinski definition) is 5. The van der Waals surface area contributed by atoms with Crippen molar-refractivity contribution in [3.8, 4) is 17.1 Å². The molecule has 1 aromatic heterocycles. The maximum atomic E-state index is 12.6. The van der Waals surface area contributed by atoms with E-state index in [1.54, 1.807) is 12.0 Å². The van der Waals surface area contributed by atoms with Crippen LogP contribution >= 0.6 is 0 Å². The van der Waals surface area contributed by atoms with Gasteiger partial charge in [0.25, 0.3) is 0 Å². The van der Waals surface area contributed by atoms with Crippen molar-refractivity contribution in [2.45, 2.75) is 6.42 Å². The molecule has 2 heterocycles. The zero-order chi connectivity index (χ0) is 19.5. The van der Waals surface area contributed by atoms with Gasteiger partial charge in [0.2, 0.25) is 17.8 Å². The summed E-state index contributed by atoms with van der Waals surface area (Å²) < 4.78 is 5.32. The summed E-state index contributed by atoms with van der Waals surface area (Å²) in [6.45, 7) is 0.332. The summed E-state index contributed by atoms with van der Waals surface area (Å²) in [4.78, 5) is 30.8. The first-order valence-electron chi connectivity index (χ1n) is 8.88. The first-order chi connectivity index (χ1) is 13.7. The summed E-state index contributed by atoms with van der Waals surface area (Å²) in [6, 6.07) is 16.7. The minimum Gasteiger partial charge on any atom is -0.496 e. The topological polar surface area (TPSA) is 100 Å². The number of nitrogens with one attached hydrogen (secondary N) is 2. The van der Waals surface area contributed by atoms with Crippen molar-refractivity contribution < 1.29 is 14.3 Å². The number of ether oxygens (including phenoxy) is 1. The highest BCUT2D eigenvalue weighted by Gasteiger charge is 2.35. The number of para-hydroxylation sites is 2. The second-order valence-electron chi connectivity index (χ2n) is 6.44. The average molecular weight is 377 g/mol. The van der Waals surface area contributed by atoms with E-state index in [1.165, 1.54) is 0 Å². The molecule has 0 aliphatic carbocycles. The summed E-state index contributed by atoms with van der Waals surface area (Å²) in [5, 5.41) is 9.55. The van der Waals surface area contributed by atoms with Gasteiger partial charge in [0.1, 0.15) is 5.75 Å². The first-order valence-corrected chi connectivity index (χ1v) is 8.88. The molecule has 8 nitrogen and oxygen atoms in total. The minimum absolute atomic E-state index is 0.0731. The lowest BCUT2D eigenvalue weighted by Crippen LogP contribution is -2.28. The lowest BCUT2D eigenvalue weighted by Gasteiger charge is -2.16. The summed E-state index contributed by atoms with van der Waals surface area (Å²) in [5.41, 5.74) is 1.53. The maximum absolute atomic E-state index is 12.6. The number of carbonyl (C=O) groups excluding carboxylic acids is 2. The molecule has 0 radical (unpaired) electrons. The normalized spacial score (nSPS) is 16.2. The van der Waals surface area contributed by atoms with Crippen molar-refractivity contribution in [3.63, 3.8) is 0 Å². The Morgan fingerprint density at radius 2 is 1.93 bits per heavy atom. The SMILES string of the molecule is COc1ccccc1-c1nc(NC(=O)[C@@H]2CC(=O)N(c3ccccc3)C2)n[nH]1. The van der Waals surface area contributed by atoms with E-state index in [2.05, 4.69) is 20.5 Å². The number of aromatic amines is 1. The highest BCUT2D eigenvalue weighted by atomic mass is 16.5. The van der Waals surface area contributed by atoms with E-state index in [1.807, 2.05) is 54.6 Å². The molecule has 142 valence electrons. The van der Waals surface area contributed by atoms with Gasteiger partial charge in [0, 0.05) is 18.7 Å². The Kier molecular flexibility index (Phi) is 4.76. The lowest BCUT2D eigenvalue weighted by molar-refractivity contribution is -0.122. The number of rotatable bonds is 5. The zero-order valence-corrected chi connectivity index (χ0v) is 15.3. The molecule has 2 amide bonds. The molecule has 1 fully saturated rings. The number of hydrogen-bond donors (Lipinski definition) is 2. The smallest absolute Gasteiger partial charge is 0.249 e. The predicted octanol–water partition coefficient (Wildman–Crippen LogP) is 2.47. The molecule has 1 saturated heterocycles. The van der Waals surface area contributed by atoms with Crippen LogP contribution in [-0.2, 0) is 9.59 Å². The van der Waals surface area contributed by atoms with Crippen LogP contribution in [-0.4, -0.2) is 40.7 Å². The van der Waals surface area contributed by atoms with Gasteiger partial charge in [-0.15, -0.1) is 5.10 Å². The van der Waals surface area contributed by atoms with Crippen LogP contribution in [0.3, 0.4) is 0 Å². The summed E-state index contributed by atoms with van der Waals surface area (Å²) >= 11 is 0. The van der Waals surface area contributed by atoms with Crippen molar-refractivity contribution >= 4 is 23.5 Å². The molecule has 0 spiro atoms. The van der Waals surface area contributed by atoms with E-state index in [0.29, 0.717) is 18.1 Å². The van der Waals surface area contributed by atoms with E-state index in [9.17, 15) is 9.59 Å². The molecular weight excluding hydrogens is 358 g/mol. The van der Waals surface area contributed by atoms with Gasteiger partial charge in [-0.05, 0) is 24.3 Å². The van der Waals surface area contributed by atoms with Crippen LogP contribution in [0.5, 0.6) is 5.75 Å². The van der Waals surface area contributed by atoms with Crippen molar-refractivity contribution in [1.29, 1.82) is 0 Å². The van der Waals surface area contributed by atoms with E-state index in [0.717, 1.165) is 11.3 Å². The van der Waals surface area contributed by atoms with Crippen molar-refractivity contribution in [3.05, 3.63) is 54.6 Å². The van der Waals surface area contributed by atoms with Crippen LogP contribution < -0.4 is 15.0 Å². The van der Waals surface area contributed by atoms with Gasteiger partial charge in [-0.3, -0.25) is 20.0 Å². The van der Waals surface area contributed by atoms with Gasteiger partial charge in [-0.1, -0.05) is 30.3 Å². The van der Waals surface area contributed by atoms with E-state index >= 15 is 0 Å². The molecule has 2 N–H and O–H groups in total. The number of H-pyrrole nitrogens is 1. The van der Waals surface area contributed by atoms with Gasteiger partial charge >= 0.3 is 0 Å². The van der Waals surface area contributed by atoms with Crippen LogP contribution in [0.25, 0.3) is 11.4 Å². The fourth-order valence-corrected chi connectivity index (χ4v) is 3.23. The minimum atomic E-state index is -0.457. The van der Waals surface area contributed by atoms with E-state index in [4.69, 9.17) is 4.74 Å². The Bertz CT molecular complexity index is 1000. The Labute approximate surface area is 161 Å². The number of benzene rings is 2. The third-order valence-corrected chi connectivity index (χ3v) is 4.65. The Morgan fingerprint density at radius 3 is 2.71 bits per heavy atom. The van der Waals surface area contributed by atoms with Crippen molar-refractivity contribution in [1.82, 2.24) is 15.2 Å². The molecule has 28 heavy (non-hydrogen) atoms. The molecule has 0 unspecified atom stereocenters. The zero-order valence-electron chi connectivity index (χ0n) is 15.3. The van der Waals surface area contributed by atoms with Crippen LogP contribution in [0.2, 0.25) is 0 Å². The molecule has 3 aromatic rings. The number of anilines is 2. The van der Waals surface area contributed by atoms with Crippen LogP contribution in [0, 0.1) is 5.92 Å². The second-order valence-corrected chi connectivity index (χ2v) is 6.44. The second kappa shape index (κ2) is 7.51. The average Bonchev–Trinajstić information content (AvgIpc) is 3.35. The third-order valence-electron chi connectivity index (χ3n) is 4.65. The van der Waals surface area contributed by atoms with Crippen LogP contribution in [0.4, 0.5) is 11.6 Å². The Balaban J connectivity index is 1.45. The number of nitrogens with zero attached hydrogens (tertiary/aromatic N) is 3. The third kappa shape index (κ3) is 3.44. The first kappa shape index (κ1) is 17.7. The fraction of sp³-hybridized carbons (Fsp3) is 0.200. The molecule has 0 bridgehead atoms. The largest absolute Gasteiger partial charge is 0.496 e. The van der Waals surface area contributed by atoms with E-state index in [-0.39, 0.29) is 24.2 Å². The molecule has 8 heteroatoms. The molecule has 4 rings (SSSR count). The van der Waals surface area contributed by atoms with Crippen molar-refractivity contribution in [2.24, 2.45) is 5.92 Å². The standard InChI is InChI=1S/C20H19N5O3/c1-28-16-10-6-5-9-15(16)18-21-20(24-23-18)22-19(27)13-11-17(26)25(12-13)14-7-3-2-4-8-14/h2-10,13H,11-12H2,1H3,(H2,21,22,23,24,27)/t13-/m1/s1. The number of aromatic nitrogens is 3. The summed E-state index contributed by atoms with van der Waals surface area (Å²) in [6.07, 6.45) is 0.157. The molecule has 1 aliphatic heterocycles. The fourth-order valence-electron chi connectivity index (χ4n) is 3.23. The van der Waals surface area contributed by atoms with Crippen LogP contribution in [0.15, 0.2) is 54.6 Å². The van der Waals surface area contributed by atoms with Crippen LogP contribution in [0.1, 0.15) is 6.42 Å². The number of carbonyl (C=O) groups is 2. The summed E-state index contributed by atoms with van der Waals surface area (Å²) in [7, 11) is 1.58. The van der Waals surface area contributed by atoms with Gasteiger partial charge in [0.05, 0.1) is 18.6 Å². The molecular formula is C20H19N5O3. The maximum Gasteiger partial charge on any atom is 0.249 e. The lowest BCUT2D eigenvalue weighted by atomic mass is 10.1. The van der Waals surface area contributed by atoms with Gasteiger partial charge < -0.3 is 9.64 Å².